The number of nitrogens with one attached hydrogen (secondary N) is 1. The molecule has 1 atom stereocenters. The van der Waals surface area contributed by atoms with Crippen LogP contribution in [0.15, 0.2) is 114 Å². The van der Waals surface area contributed by atoms with E-state index in [9.17, 15) is 13.0 Å². The average Bonchev–Trinajstić information content (AvgIpc) is 2.97. The third-order valence-corrected chi connectivity index (χ3v) is 10.1. The Balaban J connectivity index is 1.58. The minimum atomic E-state index is -3.78. The molecule has 0 spiro atoms. The van der Waals surface area contributed by atoms with Crippen LogP contribution in [-0.4, -0.2) is 21.3 Å². The summed E-state index contributed by atoms with van der Waals surface area (Å²) in [5, 5.41) is 3.37. The summed E-state index contributed by atoms with van der Waals surface area (Å²) in [4.78, 5) is 0.219. The summed E-state index contributed by atoms with van der Waals surface area (Å²) >= 11 is 0. The van der Waals surface area contributed by atoms with Gasteiger partial charge in [0.25, 0.3) is 0 Å². The number of methoxy groups -OCH3 is 1. The van der Waals surface area contributed by atoms with Crippen LogP contribution >= 0.6 is 7.60 Å². The van der Waals surface area contributed by atoms with E-state index in [2.05, 4.69) is 5.32 Å². The highest BCUT2D eigenvalue weighted by atomic mass is 32.2. The summed E-state index contributed by atoms with van der Waals surface area (Å²) in [5.74, 6) is 0.648. The highest BCUT2D eigenvalue weighted by Gasteiger charge is 2.38. The molecule has 0 bridgehead atoms. The Morgan fingerprint density at radius 3 is 1.77 bits per heavy atom. The van der Waals surface area contributed by atoms with Gasteiger partial charge < -0.3 is 13.8 Å². The Bertz CT molecular complexity index is 1470. The first kappa shape index (κ1) is 29.4. The summed E-state index contributed by atoms with van der Waals surface area (Å²) in [7, 11) is -5.85. The quantitative estimate of drug-likeness (QED) is 0.158. The van der Waals surface area contributed by atoms with Crippen molar-refractivity contribution < 1.29 is 26.8 Å². The van der Waals surface area contributed by atoms with Gasteiger partial charge in [0.1, 0.15) is 23.0 Å². The zero-order valence-corrected chi connectivity index (χ0v) is 24.3. The van der Waals surface area contributed by atoms with Crippen LogP contribution in [0.3, 0.4) is 0 Å². The van der Waals surface area contributed by atoms with Gasteiger partial charge in [0, 0.05) is 6.54 Å². The molecule has 0 aliphatic carbocycles. The van der Waals surface area contributed by atoms with Gasteiger partial charge in [-0.05, 0) is 66.1 Å². The molecule has 7 nitrogen and oxygen atoms in total. The third kappa shape index (κ3) is 7.75. The van der Waals surface area contributed by atoms with Crippen molar-refractivity contribution in [3.63, 3.8) is 0 Å². The average molecular weight is 580 g/mol. The van der Waals surface area contributed by atoms with Gasteiger partial charge in [-0.3, -0.25) is 5.32 Å². The Morgan fingerprint density at radius 1 is 0.725 bits per heavy atom. The summed E-state index contributed by atoms with van der Waals surface area (Å²) in [6.45, 7) is 2.28. The van der Waals surface area contributed by atoms with E-state index in [4.69, 9.17) is 13.8 Å². The first-order valence-electron chi connectivity index (χ1n) is 13.1. The smallest absolute Gasteiger partial charge is 0.447 e. The molecule has 1 unspecified atom stereocenters. The molecule has 0 aliphatic rings. The molecule has 0 heterocycles. The fourth-order valence-corrected chi connectivity index (χ4v) is 7.64. The minimum Gasteiger partial charge on any atom is -0.497 e. The summed E-state index contributed by atoms with van der Waals surface area (Å²) in [5.41, 5.74) is 1.44. The first-order chi connectivity index (χ1) is 19.3. The summed E-state index contributed by atoms with van der Waals surface area (Å²) in [6, 6.07) is 31.6. The van der Waals surface area contributed by atoms with Crippen LogP contribution in [0.25, 0.3) is 0 Å². The Morgan fingerprint density at radius 2 is 1.25 bits per heavy atom. The lowest BCUT2D eigenvalue weighted by atomic mass is 10.1. The number of hydrogen-bond acceptors (Lipinski definition) is 7. The Kier molecular flexibility index (Phi) is 10.0. The number of para-hydroxylation sites is 2. The van der Waals surface area contributed by atoms with E-state index in [1.807, 2.05) is 61.5 Å². The number of hydrogen-bond donors (Lipinski definition) is 1. The van der Waals surface area contributed by atoms with Crippen LogP contribution in [-0.2, 0) is 26.7 Å². The molecular weight excluding hydrogens is 545 g/mol. The molecule has 9 heteroatoms. The van der Waals surface area contributed by atoms with Crippen molar-refractivity contribution in [1.82, 2.24) is 5.32 Å². The third-order valence-electron chi connectivity index (χ3n) is 6.31. The second-order valence-electron chi connectivity index (χ2n) is 9.24. The van der Waals surface area contributed by atoms with E-state index in [-0.39, 0.29) is 17.2 Å². The topological polar surface area (TPSA) is 90.9 Å². The van der Waals surface area contributed by atoms with E-state index in [0.29, 0.717) is 29.2 Å². The van der Waals surface area contributed by atoms with Crippen molar-refractivity contribution >= 4 is 17.4 Å². The molecule has 1 N–H and O–H groups in total. The van der Waals surface area contributed by atoms with Crippen molar-refractivity contribution in [1.29, 1.82) is 0 Å². The standard InChI is InChI=1S/C31H34NO6PS/c1-3-12-31(39(33,37-28-15-6-4-7-16-28)38-29-17-8-5-9-18-29)32-23-25-13-10-11-14-26(25)24-40(34,35)30-21-19-27(36-2)20-22-30/h4-11,13-22,31-32H,3,12,23-24H2,1-2H3. The monoisotopic (exact) mass is 579 g/mol. The predicted molar refractivity (Wildman–Crippen MR) is 158 cm³/mol. The zero-order valence-electron chi connectivity index (χ0n) is 22.6. The van der Waals surface area contributed by atoms with Crippen LogP contribution in [0.1, 0.15) is 30.9 Å². The van der Waals surface area contributed by atoms with Crippen LogP contribution in [0, 0.1) is 0 Å². The lowest BCUT2D eigenvalue weighted by Crippen LogP contribution is -2.32. The molecule has 0 radical (unpaired) electrons. The van der Waals surface area contributed by atoms with Gasteiger partial charge in [0.15, 0.2) is 9.84 Å². The molecule has 0 saturated carbocycles. The lowest BCUT2D eigenvalue weighted by molar-refractivity contribution is 0.353. The van der Waals surface area contributed by atoms with E-state index in [1.165, 1.54) is 7.11 Å². The van der Waals surface area contributed by atoms with Crippen molar-refractivity contribution in [2.45, 2.75) is 42.7 Å². The van der Waals surface area contributed by atoms with E-state index in [1.54, 1.807) is 54.6 Å². The van der Waals surface area contributed by atoms with Crippen molar-refractivity contribution in [3.8, 4) is 17.2 Å². The normalized spacial score (nSPS) is 12.4. The fraction of sp³-hybridized carbons (Fsp3) is 0.226. The first-order valence-corrected chi connectivity index (χ1v) is 16.4. The largest absolute Gasteiger partial charge is 0.497 e. The van der Waals surface area contributed by atoms with Gasteiger partial charge >= 0.3 is 7.60 Å². The Hall–Kier alpha value is -3.58. The van der Waals surface area contributed by atoms with Gasteiger partial charge in [-0.15, -0.1) is 0 Å². The SMILES string of the molecule is CCCC(NCc1ccccc1CS(=O)(=O)c1ccc(OC)cc1)P(=O)(Oc1ccccc1)Oc1ccccc1. The van der Waals surface area contributed by atoms with Crippen LogP contribution in [0.5, 0.6) is 17.2 Å². The number of rotatable bonds is 14. The second kappa shape index (κ2) is 13.7. The van der Waals surface area contributed by atoms with Crippen LogP contribution < -0.4 is 19.1 Å². The molecular formula is C31H34NO6PS. The minimum absolute atomic E-state index is 0.172. The number of ether oxygens (including phenoxy) is 1. The molecule has 4 aromatic rings. The van der Waals surface area contributed by atoms with Crippen LogP contribution in [0.4, 0.5) is 0 Å². The molecule has 0 amide bonds. The van der Waals surface area contributed by atoms with Crippen molar-refractivity contribution in [2.24, 2.45) is 0 Å². The maximum absolute atomic E-state index is 14.4. The molecule has 4 rings (SSSR count). The fourth-order valence-electron chi connectivity index (χ4n) is 4.22. The summed E-state index contributed by atoms with van der Waals surface area (Å²) in [6.07, 6.45) is 1.24. The van der Waals surface area contributed by atoms with Crippen molar-refractivity contribution in [2.75, 3.05) is 7.11 Å². The van der Waals surface area contributed by atoms with Crippen LogP contribution in [0.2, 0.25) is 0 Å². The molecule has 210 valence electrons. The zero-order chi connectivity index (χ0) is 28.4. The predicted octanol–water partition coefficient (Wildman–Crippen LogP) is 7.24. The highest BCUT2D eigenvalue weighted by Crippen LogP contribution is 2.53. The molecule has 0 fully saturated rings. The maximum Gasteiger partial charge on any atom is 0.447 e. The van der Waals surface area contributed by atoms with Crippen molar-refractivity contribution in [3.05, 3.63) is 120 Å². The van der Waals surface area contributed by atoms with E-state index in [0.717, 1.165) is 12.0 Å². The molecule has 0 aromatic heterocycles. The second-order valence-corrected chi connectivity index (χ2v) is 13.3. The Labute approximate surface area is 236 Å². The van der Waals surface area contributed by atoms with Gasteiger partial charge in [0.05, 0.1) is 17.8 Å². The lowest BCUT2D eigenvalue weighted by Gasteiger charge is -2.28. The number of benzene rings is 4. The van der Waals surface area contributed by atoms with Gasteiger partial charge in [-0.25, -0.2) is 13.0 Å². The highest BCUT2D eigenvalue weighted by molar-refractivity contribution is 7.90. The van der Waals surface area contributed by atoms with Gasteiger partial charge in [-0.2, -0.15) is 0 Å². The number of sulfone groups is 1. The summed E-state index contributed by atoms with van der Waals surface area (Å²) < 4.78 is 58.1. The molecule has 0 aliphatic heterocycles. The van der Waals surface area contributed by atoms with Gasteiger partial charge in [0.2, 0.25) is 0 Å². The van der Waals surface area contributed by atoms with Gasteiger partial charge in [-0.1, -0.05) is 74.0 Å². The maximum atomic E-state index is 14.4. The van der Waals surface area contributed by atoms with E-state index >= 15 is 0 Å². The molecule has 40 heavy (non-hydrogen) atoms. The molecule has 4 aromatic carbocycles. The van der Waals surface area contributed by atoms with E-state index < -0.39 is 23.2 Å². The molecule has 0 saturated heterocycles.